The topological polar surface area (TPSA) is 0 Å². The van der Waals surface area contributed by atoms with Crippen LogP contribution in [0.1, 0.15) is 66.7 Å². The van der Waals surface area contributed by atoms with Crippen molar-refractivity contribution in [3.05, 3.63) is 0 Å². The maximum Gasteiger partial charge on any atom is -0.0243 e. The predicted molar refractivity (Wildman–Crippen MR) is 71.3 cm³/mol. The standard InChI is InChI=1S/C16H30/c1-11(2)13(4)15-10-12(3)16(14(15)5)8-6-7-9-16/h11-15H,6-10H2,1-5H3. The second-order valence-electron chi connectivity index (χ2n) is 7.13. The van der Waals surface area contributed by atoms with E-state index in [2.05, 4.69) is 34.6 Å². The highest BCUT2D eigenvalue weighted by Crippen LogP contribution is 2.61. The van der Waals surface area contributed by atoms with E-state index >= 15 is 0 Å². The summed E-state index contributed by atoms with van der Waals surface area (Å²) in [6, 6.07) is 0. The quantitative estimate of drug-likeness (QED) is 0.607. The highest BCUT2D eigenvalue weighted by atomic mass is 14.6. The van der Waals surface area contributed by atoms with E-state index in [1.54, 1.807) is 0 Å². The zero-order valence-electron chi connectivity index (χ0n) is 11.9. The minimum absolute atomic E-state index is 0.744. The third kappa shape index (κ3) is 1.73. The Labute approximate surface area is 102 Å². The van der Waals surface area contributed by atoms with Crippen molar-refractivity contribution < 1.29 is 0 Å². The van der Waals surface area contributed by atoms with E-state index in [-0.39, 0.29) is 0 Å². The second-order valence-corrected chi connectivity index (χ2v) is 7.13. The van der Waals surface area contributed by atoms with Gasteiger partial charge in [0.05, 0.1) is 0 Å². The summed E-state index contributed by atoms with van der Waals surface area (Å²) < 4.78 is 0. The molecule has 0 saturated heterocycles. The molecule has 0 bridgehead atoms. The fourth-order valence-electron chi connectivity index (χ4n) is 4.87. The Morgan fingerprint density at radius 3 is 2.06 bits per heavy atom. The molecule has 4 unspecified atom stereocenters. The molecule has 0 heteroatoms. The van der Waals surface area contributed by atoms with Gasteiger partial charge < -0.3 is 0 Å². The van der Waals surface area contributed by atoms with Crippen LogP contribution in [0.25, 0.3) is 0 Å². The van der Waals surface area contributed by atoms with E-state index in [1.165, 1.54) is 32.1 Å². The predicted octanol–water partition coefficient (Wildman–Crippen LogP) is 5.13. The first-order valence-electron chi connectivity index (χ1n) is 7.49. The SMILES string of the molecule is CC(C)C(C)C1CC(C)C2(CCCC2)C1C. The molecule has 94 valence electrons. The van der Waals surface area contributed by atoms with Crippen LogP contribution < -0.4 is 0 Å². The summed E-state index contributed by atoms with van der Waals surface area (Å²) in [7, 11) is 0. The molecule has 16 heavy (non-hydrogen) atoms. The van der Waals surface area contributed by atoms with Crippen molar-refractivity contribution in [2.24, 2.45) is 35.0 Å². The maximum atomic E-state index is 2.57. The first-order valence-corrected chi connectivity index (χ1v) is 7.49. The smallest absolute Gasteiger partial charge is 0.0243 e. The fraction of sp³-hybridized carbons (Fsp3) is 1.00. The molecule has 0 heterocycles. The van der Waals surface area contributed by atoms with Gasteiger partial charge in [-0.3, -0.25) is 0 Å². The molecule has 0 radical (unpaired) electrons. The number of rotatable bonds is 2. The van der Waals surface area contributed by atoms with E-state index in [0.717, 1.165) is 35.0 Å². The Balaban J connectivity index is 2.15. The van der Waals surface area contributed by atoms with Crippen LogP contribution >= 0.6 is 0 Å². The molecule has 0 nitrogen and oxygen atoms in total. The highest BCUT2D eigenvalue weighted by Gasteiger charge is 2.52. The van der Waals surface area contributed by atoms with Gasteiger partial charge in [0.25, 0.3) is 0 Å². The lowest BCUT2D eigenvalue weighted by atomic mass is 9.69. The molecule has 0 aromatic rings. The summed E-state index contributed by atoms with van der Waals surface area (Å²) in [6.45, 7) is 12.4. The molecular formula is C16H30. The first-order chi connectivity index (χ1) is 7.49. The van der Waals surface area contributed by atoms with Gasteiger partial charge in [-0.25, -0.2) is 0 Å². The Morgan fingerprint density at radius 1 is 1.00 bits per heavy atom. The molecule has 0 amide bonds. The molecule has 1 spiro atoms. The van der Waals surface area contributed by atoms with E-state index in [1.807, 2.05) is 0 Å². The Morgan fingerprint density at radius 2 is 1.56 bits per heavy atom. The lowest BCUT2D eigenvalue weighted by molar-refractivity contribution is 0.124. The van der Waals surface area contributed by atoms with Crippen molar-refractivity contribution >= 4 is 0 Å². The van der Waals surface area contributed by atoms with Crippen LogP contribution in [0, 0.1) is 35.0 Å². The molecule has 0 aliphatic heterocycles. The van der Waals surface area contributed by atoms with E-state index in [0.29, 0.717) is 0 Å². The second kappa shape index (κ2) is 4.35. The van der Waals surface area contributed by atoms with Crippen LogP contribution in [0.5, 0.6) is 0 Å². The maximum absolute atomic E-state index is 2.57. The summed E-state index contributed by atoms with van der Waals surface area (Å²) in [5.41, 5.74) is 0.744. The molecule has 2 aliphatic carbocycles. The fourth-order valence-corrected chi connectivity index (χ4v) is 4.87. The average molecular weight is 222 g/mol. The third-order valence-corrected chi connectivity index (χ3v) is 6.42. The number of hydrogen-bond donors (Lipinski definition) is 0. The summed E-state index contributed by atoms with van der Waals surface area (Å²) in [4.78, 5) is 0. The molecule has 2 aliphatic rings. The van der Waals surface area contributed by atoms with E-state index in [4.69, 9.17) is 0 Å². The molecule has 0 aromatic carbocycles. The largest absolute Gasteiger partial charge is 0.0625 e. The summed E-state index contributed by atoms with van der Waals surface area (Å²) in [5.74, 6) is 4.72. The van der Waals surface area contributed by atoms with E-state index in [9.17, 15) is 0 Å². The number of hydrogen-bond acceptors (Lipinski definition) is 0. The van der Waals surface area contributed by atoms with E-state index < -0.39 is 0 Å². The molecule has 0 N–H and O–H groups in total. The summed E-state index contributed by atoms with van der Waals surface area (Å²) in [6.07, 6.45) is 7.54. The van der Waals surface area contributed by atoms with Gasteiger partial charge in [-0.15, -0.1) is 0 Å². The van der Waals surface area contributed by atoms with Crippen molar-refractivity contribution in [3.8, 4) is 0 Å². The van der Waals surface area contributed by atoms with Crippen LogP contribution in [0.2, 0.25) is 0 Å². The van der Waals surface area contributed by atoms with Gasteiger partial charge in [0.2, 0.25) is 0 Å². The molecular weight excluding hydrogens is 192 g/mol. The van der Waals surface area contributed by atoms with Gasteiger partial charge in [0.1, 0.15) is 0 Å². The third-order valence-electron chi connectivity index (χ3n) is 6.42. The zero-order chi connectivity index (χ0) is 11.9. The van der Waals surface area contributed by atoms with Crippen molar-refractivity contribution in [3.63, 3.8) is 0 Å². The van der Waals surface area contributed by atoms with Gasteiger partial charge in [-0.2, -0.15) is 0 Å². The minimum atomic E-state index is 0.744. The molecule has 4 atom stereocenters. The Kier molecular flexibility index (Phi) is 3.39. The summed E-state index contributed by atoms with van der Waals surface area (Å²) >= 11 is 0. The van der Waals surface area contributed by atoms with Gasteiger partial charge in [-0.1, -0.05) is 47.5 Å². The lowest BCUT2D eigenvalue weighted by Crippen LogP contribution is -2.29. The summed E-state index contributed by atoms with van der Waals surface area (Å²) in [5, 5.41) is 0. The van der Waals surface area contributed by atoms with Crippen LogP contribution in [0.4, 0.5) is 0 Å². The van der Waals surface area contributed by atoms with Gasteiger partial charge in [0, 0.05) is 0 Å². The molecule has 2 fully saturated rings. The first kappa shape index (κ1) is 12.5. The Hall–Kier alpha value is 0. The van der Waals surface area contributed by atoms with Gasteiger partial charge in [-0.05, 0) is 54.3 Å². The normalized spacial score (nSPS) is 39.8. The average Bonchev–Trinajstić information content (AvgIpc) is 2.80. The lowest BCUT2D eigenvalue weighted by Gasteiger charge is -2.36. The Bertz CT molecular complexity index is 234. The monoisotopic (exact) mass is 222 g/mol. The van der Waals surface area contributed by atoms with Crippen molar-refractivity contribution in [1.29, 1.82) is 0 Å². The van der Waals surface area contributed by atoms with Crippen molar-refractivity contribution in [2.75, 3.05) is 0 Å². The van der Waals surface area contributed by atoms with Crippen LogP contribution in [-0.2, 0) is 0 Å². The van der Waals surface area contributed by atoms with Gasteiger partial charge in [0.15, 0.2) is 0 Å². The molecule has 2 saturated carbocycles. The zero-order valence-corrected chi connectivity index (χ0v) is 11.9. The van der Waals surface area contributed by atoms with Crippen LogP contribution in [0.15, 0.2) is 0 Å². The highest BCUT2D eigenvalue weighted by molar-refractivity contribution is 5.02. The molecule has 0 aromatic heterocycles. The van der Waals surface area contributed by atoms with Gasteiger partial charge >= 0.3 is 0 Å². The van der Waals surface area contributed by atoms with Crippen LogP contribution in [-0.4, -0.2) is 0 Å². The minimum Gasteiger partial charge on any atom is -0.0625 e. The van der Waals surface area contributed by atoms with Crippen LogP contribution in [0.3, 0.4) is 0 Å². The molecule has 2 rings (SSSR count). The van der Waals surface area contributed by atoms with Crippen molar-refractivity contribution in [1.82, 2.24) is 0 Å². The van der Waals surface area contributed by atoms with Crippen molar-refractivity contribution in [2.45, 2.75) is 66.7 Å².